The monoisotopic (exact) mass is 450 g/mol. The highest BCUT2D eigenvalue weighted by molar-refractivity contribution is 7.21. The Morgan fingerprint density at radius 2 is 2.00 bits per heavy atom. The summed E-state index contributed by atoms with van der Waals surface area (Å²) in [4.78, 5) is 20.3. The zero-order chi connectivity index (χ0) is 22.4. The highest BCUT2D eigenvalue weighted by atomic mass is 32.1. The molecular weight excluding hydrogens is 424 g/mol. The van der Waals surface area contributed by atoms with E-state index < -0.39 is 0 Å². The van der Waals surface area contributed by atoms with Crippen LogP contribution in [0, 0.1) is 0 Å². The zero-order valence-corrected chi connectivity index (χ0v) is 19.4. The van der Waals surface area contributed by atoms with Gasteiger partial charge in [-0.2, -0.15) is 5.10 Å². The molecule has 2 aromatic heterocycles. The van der Waals surface area contributed by atoms with Gasteiger partial charge >= 0.3 is 0 Å². The molecule has 166 valence electrons. The number of ether oxygens (including phenoxy) is 1. The maximum atomic E-state index is 13.3. The van der Waals surface area contributed by atoms with Gasteiger partial charge in [0.1, 0.15) is 5.52 Å². The molecule has 9 heteroatoms. The smallest absolute Gasteiger partial charge is 0.274 e. The average molecular weight is 451 g/mol. The fourth-order valence-corrected chi connectivity index (χ4v) is 5.44. The van der Waals surface area contributed by atoms with Crippen LogP contribution >= 0.6 is 11.3 Å². The van der Waals surface area contributed by atoms with Crippen molar-refractivity contribution in [2.45, 2.75) is 25.9 Å². The Kier molecular flexibility index (Phi) is 5.22. The van der Waals surface area contributed by atoms with Crippen molar-refractivity contribution in [3.63, 3.8) is 0 Å². The molecule has 0 bridgehead atoms. The molecule has 2 N–H and O–H groups in total. The lowest BCUT2D eigenvalue weighted by Gasteiger charge is -2.37. The molecule has 1 aliphatic rings. The highest BCUT2D eigenvalue weighted by Crippen LogP contribution is 2.38. The maximum Gasteiger partial charge on any atom is 0.274 e. The van der Waals surface area contributed by atoms with E-state index in [1.807, 2.05) is 37.4 Å². The van der Waals surface area contributed by atoms with Gasteiger partial charge in [0.2, 0.25) is 0 Å². The zero-order valence-electron chi connectivity index (χ0n) is 18.5. The van der Waals surface area contributed by atoms with E-state index in [9.17, 15) is 4.79 Å². The summed E-state index contributed by atoms with van der Waals surface area (Å²) in [6.07, 6.45) is 1.77. The topological polar surface area (TPSA) is 84.3 Å². The van der Waals surface area contributed by atoms with Crippen LogP contribution in [0.15, 0.2) is 36.5 Å². The van der Waals surface area contributed by atoms with E-state index >= 15 is 0 Å². The molecule has 3 heterocycles. The van der Waals surface area contributed by atoms with Gasteiger partial charge < -0.3 is 20.3 Å². The van der Waals surface area contributed by atoms with Crippen LogP contribution in [-0.4, -0.2) is 53.0 Å². The molecular formula is C23H26N6O2S. The normalized spacial score (nSPS) is 18.9. The Labute approximate surface area is 190 Å². The third-order valence-electron chi connectivity index (χ3n) is 5.86. The van der Waals surface area contributed by atoms with Crippen LogP contribution in [-0.2, 0) is 7.05 Å². The second-order valence-corrected chi connectivity index (χ2v) is 9.29. The SMILES string of the molecule is COc1nc2c(C(=O)Nc3cccc4c3cnn4C)ccc(N3C[C@H](C)N[C@@H](C)C3)c2s1. The van der Waals surface area contributed by atoms with Gasteiger partial charge in [0.15, 0.2) is 0 Å². The van der Waals surface area contributed by atoms with Gasteiger partial charge in [0.05, 0.1) is 40.5 Å². The van der Waals surface area contributed by atoms with Crippen LogP contribution in [0.2, 0.25) is 0 Å². The Morgan fingerprint density at radius 3 is 2.75 bits per heavy atom. The fraction of sp³-hybridized carbons (Fsp3) is 0.348. The minimum Gasteiger partial charge on any atom is -0.473 e. The van der Waals surface area contributed by atoms with E-state index in [2.05, 4.69) is 39.5 Å². The number of aromatic nitrogens is 3. The number of nitrogens with zero attached hydrogens (tertiary/aromatic N) is 4. The van der Waals surface area contributed by atoms with E-state index in [0.717, 1.165) is 40.1 Å². The summed E-state index contributed by atoms with van der Waals surface area (Å²) in [5.41, 5.74) is 3.97. The van der Waals surface area contributed by atoms with Crippen LogP contribution in [0.5, 0.6) is 5.19 Å². The number of hydrogen-bond donors (Lipinski definition) is 2. The standard InChI is InChI=1S/C23H26N6O2S/c1-13-11-29(12-14(2)25-13)19-9-8-15(20-21(19)32-23(27-20)31-4)22(30)26-17-6-5-7-18-16(17)10-24-28(18)3/h5-10,13-14,25H,11-12H2,1-4H3,(H,26,30)/t13-,14-/m0/s1. The van der Waals surface area contributed by atoms with Crippen LogP contribution in [0.25, 0.3) is 21.1 Å². The summed E-state index contributed by atoms with van der Waals surface area (Å²) in [7, 11) is 3.49. The number of piperazine rings is 1. The van der Waals surface area contributed by atoms with Gasteiger partial charge in [-0.1, -0.05) is 17.4 Å². The third kappa shape index (κ3) is 3.57. The van der Waals surface area contributed by atoms with Gasteiger partial charge in [-0.3, -0.25) is 9.48 Å². The van der Waals surface area contributed by atoms with E-state index in [4.69, 9.17) is 4.74 Å². The summed E-state index contributed by atoms with van der Waals surface area (Å²) < 4.78 is 8.19. The number of carbonyl (C=O) groups is 1. The Hall–Kier alpha value is -3.17. The molecule has 2 aromatic carbocycles. The van der Waals surface area contributed by atoms with Crippen molar-refractivity contribution >= 4 is 49.7 Å². The molecule has 8 nitrogen and oxygen atoms in total. The van der Waals surface area contributed by atoms with Crippen LogP contribution in [0.3, 0.4) is 0 Å². The first-order valence-electron chi connectivity index (χ1n) is 10.6. The highest BCUT2D eigenvalue weighted by Gasteiger charge is 2.26. The van der Waals surface area contributed by atoms with Gasteiger partial charge in [-0.05, 0) is 38.1 Å². The second kappa shape index (κ2) is 8.07. The summed E-state index contributed by atoms with van der Waals surface area (Å²) in [5, 5.41) is 12.4. The number of hydrogen-bond acceptors (Lipinski definition) is 7. The number of methoxy groups -OCH3 is 1. The van der Waals surface area contributed by atoms with Crippen molar-refractivity contribution in [3.05, 3.63) is 42.1 Å². The molecule has 1 saturated heterocycles. The van der Waals surface area contributed by atoms with Gasteiger partial charge in [0.25, 0.3) is 11.1 Å². The number of benzene rings is 2. The predicted molar refractivity (Wildman–Crippen MR) is 129 cm³/mol. The van der Waals surface area contributed by atoms with Crippen LogP contribution in [0.1, 0.15) is 24.2 Å². The van der Waals surface area contributed by atoms with Crippen molar-refractivity contribution < 1.29 is 9.53 Å². The minimum absolute atomic E-state index is 0.201. The summed E-state index contributed by atoms with van der Waals surface area (Å²) in [6.45, 7) is 6.17. The van der Waals surface area contributed by atoms with E-state index in [0.29, 0.717) is 28.4 Å². The van der Waals surface area contributed by atoms with Gasteiger partial charge in [-0.15, -0.1) is 0 Å². The van der Waals surface area contributed by atoms with Gasteiger partial charge in [-0.25, -0.2) is 4.98 Å². The number of aryl methyl sites for hydroxylation is 1. The third-order valence-corrected chi connectivity index (χ3v) is 6.90. The van der Waals surface area contributed by atoms with Crippen molar-refractivity contribution in [1.82, 2.24) is 20.1 Å². The van der Waals surface area contributed by atoms with Crippen molar-refractivity contribution in [2.24, 2.45) is 7.05 Å². The summed E-state index contributed by atoms with van der Waals surface area (Å²) >= 11 is 1.48. The van der Waals surface area contributed by atoms with Crippen LogP contribution < -0.4 is 20.3 Å². The fourth-order valence-electron chi connectivity index (χ4n) is 4.49. The van der Waals surface area contributed by atoms with E-state index in [-0.39, 0.29) is 5.91 Å². The first kappa shape index (κ1) is 20.7. The number of nitrogens with one attached hydrogen (secondary N) is 2. The minimum atomic E-state index is -0.201. The second-order valence-electron chi connectivity index (χ2n) is 8.33. The molecule has 0 unspecified atom stereocenters. The molecule has 0 radical (unpaired) electrons. The Balaban J connectivity index is 1.54. The number of thiazole rings is 1. The molecule has 4 aromatic rings. The van der Waals surface area contributed by atoms with Crippen molar-refractivity contribution in [2.75, 3.05) is 30.4 Å². The molecule has 1 aliphatic heterocycles. The molecule has 2 atom stereocenters. The Bertz CT molecular complexity index is 1300. The number of amides is 1. The lowest BCUT2D eigenvalue weighted by Crippen LogP contribution is -2.54. The van der Waals surface area contributed by atoms with Crippen LogP contribution in [0.4, 0.5) is 11.4 Å². The Morgan fingerprint density at radius 1 is 1.22 bits per heavy atom. The average Bonchev–Trinajstić information content (AvgIpc) is 3.37. The van der Waals surface area contributed by atoms with Crippen molar-refractivity contribution in [3.8, 4) is 5.19 Å². The number of rotatable bonds is 4. The quantitative estimate of drug-likeness (QED) is 0.494. The molecule has 1 fully saturated rings. The van der Waals surface area contributed by atoms with Crippen molar-refractivity contribution in [1.29, 1.82) is 0 Å². The lowest BCUT2D eigenvalue weighted by atomic mass is 10.1. The molecule has 0 aliphatic carbocycles. The number of anilines is 2. The summed E-state index contributed by atoms with van der Waals surface area (Å²) in [5.74, 6) is -0.201. The lowest BCUT2D eigenvalue weighted by molar-refractivity contribution is 0.102. The summed E-state index contributed by atoms with van der Waals surface area (Å²) in [6, 6.07) is 10.4. The molecule has 32 heavy (non-hydrogen) atoms. The molecule has 0 spiro atoms. The van der Waals surface area contributed by atoms with Gasteiger partial charge in [0, 0.05) is 37.6 Å². The van der Waals surface area contributed by atoms with E-state index in [1.165, 1.54) is 11.3 Å². The first-order valence-corrected chi connectivity index (χ1v) is 11.5. The first-order chi connectivity index (χ1) is 15.4. The van der Waals surface area contributed by atoms with E-state index in [1.54, 1.807) is 18.0 Å². The molecule has 0 saturated carbocycles. The maximum absolute atomic E-state index is 13.3. The predicted octanol–water partition coefficient (Wildman–Crippen LogP) is 3.63. The largest absolute Gasteiger partial charge is 0.473 e. The number of carbonyl (C=O) groups excluding carboxylic acids is 1. The molecule has 5 rings (SSSR count). The number of fused-ring (bicyclic) bond motifs is 2. The molecule has 1 amide bonds.